The molecular weight excluding hydrogens is 338 g/mol. The summed E-state index contributed by atoms with van der Waals surface area (Å²) >= 11 is 1.35. The molecule has 132 valence electrons. The highest BCUT2D eigenvalue weighted by Crippen LogP contribution is 2.21. The van der Waals surface area contributed by atoms with Gasteiger partial charge in [-0.05, 0) is 36.8 Å². The molecule has 0 aromatic heterocycles. The monoisotopic (exact) mass is 359 g/mol. The van der Waals surface area contributed by atoms with Gasteiger partial charge in [-0.3, -0.25) is 9.59 Å². The van der Waals surface area contributed by atoms with Gasteiger partial charge in [0, 0.05) is 4.90 Å². The molecule has 0 aliphatic rings. The zero-order valence-electron chi connectivity index (χ0n) is 14.2. The number of methoxy groups -OCH3 is 1. The normalized spacial score (nSPS) is 11.4. The molecule has 0 unspecified atom stereocenters. The number of amides is 1. The van der Waals surface area contributed by atoms with Gasteiger partial charge < -0.3 is 14.8 Å². The van der Waals surface area contributed by atoms with Crippen LogP contribution >= 0.6 is 11.8 Å². The van der Waals surface area contributed by atoms with Crippen molar-refractivity contribution in [3.05, 3.63) is 60.2 Å². The highest BCUT2D eigenvalue weighted by Gasteiger charge is 2.12. The largest absolute Gasteiger partial charge is 0.497 e. The molecule has 1 atom stereocenters. The number of carbonyl (C=O) groups is 2. The number of carbonyl (C=O) groups excluding carboxylic acids is 2. The molecule has 0 saturated heterocycles. The van der Waals surface area contributed by atoms with Crippen molar-refractivity contribution in [1.29, 1.82) is 0 Å². The van der Waals surface area contributed by atoms with Gasteiger partial charge in [0.2, 0.25) is 0 Å². The van der Waals surface area contributed by atoms with Crippen molar-refractivity contribution in [3.63, 3.8) is 0 Å². The Balaban J connectivity index is 1.69. The molecule has 1 amide bonds. The molecule has 6 heteroatoms. The van der Waals surface area contributed by atoms with Crippen molar-refractivity contribution >= 4 is 23.6 Å². The van der Waals surface area contributed by atoms with E-state index in [1.165, 1.54) is 11.8 Å². The van der Waals surface area contributed by atoms with Crippen LogP contribution < -0.4 is 10.1 Å². The van der Waals surface area contributed by atoms with E-state index in [0.717, 1.165) is 16.2 Å². The SMILES string of the molecule is COc1ccc(SCC(=O)OCC(=O)N[C@H](C)c2ccccc2)cc1. The second kappa shape index (κ2) is 9.74. The van der Waals surface area contributed by atoms with E-state index in [4.69, 9.17) is 9.47 Å². The van der Waals surface area contributed by atoms with Gasteiger partial charge in [0.15, 0.2) is 6.61 Å². The van der Waals surface area contributed by atoms with Gasteiger partial charge in [-0.25, -0.2) is 0 Å². The number of rotatable bonds is 8. The first kappa shape index (κ1) is 18.9. The number of hydrogen-bond acceptors (Lipinski definition) is 5. The Bertz CT molecular complexity index is 688. The number of hydrogen-bond donors (Lipinski definition) is 1. The number of esters is 1. The second-order valence-electron chi connectivity index (χ2n) is 5.32. The molecule has 0 spiro atoms. The lowest BCUT2D eigenvalue weighted by Crippen LogP contribution is -2.31. The molecule has 2 aromatic rings. The van der Waals surface area contributed by atoms with Crippen molar-refractivity contribution in [1.82, 2.24) is 5.32 Å². The second-order valence-corrected chi connectivity index (χ2v) is 6.37. The Kier molecular flexibility index (Phi) is 7.35. The van der Waals surface area contributed by atoms with Crippen molar-refractivity contribution < 1.29 is 19.1 Å². The van der Waals surface area contributed by atoms with Gasteiger partial charge in [-0.1, -0.05) is 30.3 Å². The van der Waals surface area contributed by atoms with Crippen LogP contribution in [0.5, 0.6) is 5.75 Å². The van der Waals surface area contributed by atoms with Gasteiger partial charge in [0.1, 0.15) is 5.75 Å². The predicted octanol–water partition coefficient (Wildman–Crippen LogP) is 3.21. The molecule has 0 aliphatic carbocycles. The van der Waals surface area contributed by atoms with Crippen LogP contribution in [0.3, 0.4) is 0 Å². The quantitative estimate of drug-likeness (QED) is 0.579. The first-order chi connectivity index (χ1) is 12.1. The third kappa shape index (κ3) is 6.51. The maximum absolute atomic E-state index is 11.9. The van der Waals surface area contributed by atoms with E-state index >= 15 is 0 Å². The summed E-state index contributed by atoms with van der Waals surface area (Å²) in [5.41, 5.74) is 0.997. The Hall–Kier alpha value is -2.47. The first-order valence-electron chi connectivity index (χ1n) is 7.85. The summed E-state index contributed by atoms with van der Waals surface area (Å²) < 4.78 is 10.1. The molecule has 0 aliphatic heterocycles. The number of nitrogens with one attached hydrogen (secondary N) is 1. The summed E-state index contributed by atoms with van der Waals surface area (Å²) in [7, 11) is 1.60. The van der Waals surface area contributed by atoms with E-state index in [9.17, 15) is 9.59 Å². The van der Waals surface area contributed by atoms with E-state index in [0.29, 0.717) is 0 Å². The van der Waals surface area contributed by atoms with Crippen molar-refractivity contribution in [2.45, 2.75) is 17.9 Å². The first-order valence-corrected chi connectivity index (χ1v) is 8.84. The zero-order chi connectivity index (χ0) is 18.1. The summed E-state index contributed by atoms with van der Waals surface area (Å²) in [4.78, 5) is 24.5. The number of ether oxygens (including phenoxy) is 2. The van der Waals surface area contributed by atoms with Crippen LogP contribution in [0.4, 0.5) is 0 Å². The fourth-order valence-corrected chi connectivity index (χ4v) is 2.81. The minimum Gasteiger partial charge on any atom is -0.497 e. The minimum atomic E-state index is -0.427. The fourth-order valence-electron chi connectivity index (χ4n) is 2.11. The van der Waals surface area contributed by atoms with Gasteiger partial charge >= 0.3 is 5.97 Å². The van der Waals surface area contributed by atoms with E-state index in [2.05, 4.69) is 5.32 Å². The fraction of sp³-hybridized carbons (Fsp3) is 0.263. The zero-order valence-corrected chi connectivity index (χ0v) is 15.0. The van der Waals surface area contributed by atoms with E-state index in [1.54, 1.807) is 7.11 Å². The molecule has 2 aromatic carbocycles. The maximum Gasteiger partial charge on any atom is 0.316 e. The van der Waals surface area contributed by atoms with Gasteiger partial charge in [0.05, 0.1) is 18.9 Å². The molecule has 0 bridgehead atoms. The van der Waals surface area contributed by atoms with Crippen molar-refractivity contribution in [3.8, 4) is 5.75 Å². The molecule has 0 saturated carbocycles. The summed E-state index contributed by atoms with van der Waals surface area (Å²) in [5, 5.41) is 2.80. The van der Waals surface area contributed by atoms with Gasteiger partial charge in [-0.15, -0.1) is 11.8 Å². The summed E-state index contributed by atoms with van der Waals surface area (Å²) in [6.45, 7) is 1.60. The average Bonchev–Trinajstić information content (AvgIpc) is 2.65. The van der Waals surface area contributed by atoms with E-state index in [1.807, 2.05) is 61.5 Å². The predicted molar refractivity (Wildman–Crippen MR) is 97.7 cm³/mol. The third-order valence-corrected chi connectivity index (χ3v) is 4.44. The van der Waals surface area contributed by atoms with Crippen LogP contribution in [0.2, 0.25) is 0 Å². The Labute approximate surface area is 151 Å². The smallest absolute Gasteiger partial charge is 0.316 e. The molecule has 2 rings (SSSR count). The molecule has 1 N–H and O–H groups in total. The van der Waals surface area contributed by atoms with E-state index < -0.39 is 5.97 Å². The molecule has 0 fully saturated rings. The Morgan fingerprint density at radius 2 is 1.76 bits per heavy atom. The summed E-state index contributed by atoms with van der Waals surface area (Å²) in [5.74, 6) is 0.159. The lowest BCUT2D eigenvalue weighted by atomic mass is 10.1. The lowest BCUT2D eigenvalue weighted by molar-refractivity contribution is -0.146. The molecule has 0 heterocycles. The van der Waals surface area contributed by atoms with Crippen molar-refractivity contribution in [2.75, 3.05) is 19.5 Å². The van der Waals surface area contributed by atoms with Crippen LogP contribution in [0.25, 0.3) is 0 Å². The summed E-state index contributed by atoms with van der Waals surface area (Å²) in [6.07, 6.45) is 0. The Morgan fingerprint density at radius 3 is 2.40 bits per heavy atom. The number of thioether (sulfide) groups is 1. The topological polar surface area (TPSA) is 64.6 Å². The Morgan fingerprint density at radius 1 is 1.08 bits per heavy atom. The third-order valence-electron chi connectivity index (χ3n) is 3.46. The highest BCUT2D eigenvalue weighted by atomic mass is 32.2. The van der Waals surface area contributed by atoms with Crippen LogP contribution in [-0.4, -0.2) is 31.3 Å². The lowest BCUT2D eigenvalue weighted by Gasteiger charge is -2.14. The number of benzene rings is 2. The van der Waals surface area contributed by atoms with Crippen LogP contribution in [-0.2, 0) is 14.3 Å². The summed E-state index contributed by atoms with van der Waals surface area (Å²) in [6, 6.07) is 16.9. The molecular formula is C19H21NO4S. The van der Waals surface area contributed by atoms with Crippen LogP contribution in [0, 0.1) is 0 Å². The highest BCUT2D eigenvalue weighted by molar-refractivity contribution is 8.00. The van der Waals surface area contributed by atoms with Gasteiger partial charge in [-0.2, -0.15) is 0 Å². The van der Waals surface area contributed by atoms with Crippen LogP contribution in [0.15, 0.2) is 59.5 Å². The van der Waals surface area contributed by atoms with Crippen LogP contribution in [0.1, 0.15) is 18.5 Å². The minimum absolute atomic E-state index is 0.138. The van der Waals surface area contributed by atoms with Crippen molar-refractivity contribution in [2.24, 2.45) is 0 Å². The van der Waals surface area contributed by atoms with E-state index in [-0.39, 0.29) is 24.3 Å². The molecule has 25 heavy (non-hydrogen) atoms. The maximum atomic E-state index is 11.9. The molecule has 5 nitrogen and oxygen atoms in total. The molecule has 0 radical (unpaired) electrons. The standard InChI is InChI=1S/C19H21NO4S/c1-14(15-6-4-3-5-7-15)20-18(21)12-24-19(22)13-25-17-10-8-16(23-2)9-11-17/h3-11,14H,12-13H2,1-2H3,(H,20,21)/t14-/m1/s1. The van der Waals surface area contributed by atoms with Gasteiger partial charge in [0.25, 0.3) is 5.91 Å². The average molecular weight is 359 g/mol.